The van der Waals surface area contributed by atoms with Crippen molar-refractivity contribution < 1.29 is 8.42 Å². The van der Waals surface area contributed by atoms with Gasteiger partial charge in [-0.25, -0.2) is 8.42 Å². The number of nitrogens with one attached hydrogen (secondary N) is 1. The van der Waals surface area contributed by atoms with Crippen molar-refractivity contribution in [1.82, 2.24) is 9.78 Å². The minimum absolute atomic E-state index is 0.0454. The maximum absolute atomic E-state index is 12.7. The van der Waals surface area contributed by atoms with Crippen LogP contribution < -0.4 is 4.72 Å². The highest BCUT2D eigenvalue weighted by atomic mass is 79.9. The number of hydrogen-bond donors (Lipinski definition) is 1. The van der Waals surface area contributed by atoms with E-state index in [1.165, 1.54) is 0 Å². The monoisotopic (exact) mass is 481 g/mol. The number of sulfonamides is 1. The van der Waals surface area contributed by atoms with Crippen molar-refractivity contribution in [1.29, 1.82) is 0 Å². The molecule has 1 N–H and O–H groups in total. The fraction of sp³-hybridized carbons (Fsp3) is 0.250. The fourth-order valence-electron chi connectivity index (χ4n) is 2.67. The quantitative estimate of drug-likeness (QED) is 0.526. The van der Waals surface area contributed by atoms with Crippen molar-refractivity contribution in [2.24, 2.45) is 0 Å². The van der Waals surface area contributed by atoms with Gasteiger partial charge in [-0.2, -0.15) is 5.10 Å². The molecule has 0 amide bonds. The second kappa shape index (κ2) is 7.89. The van der Waals surface area contributed by atoms with E-state index in [4.69, 9.17) is 11.6 Å². The summed E-state index contributed by atoms with van der Waals surface area (Å²) in [6, 6.07) is 14.3. The molecule has 0 aliphatic rings. The predicted molar refractivity (Wildman–Crippen MR) is 116 cm³/mol. The molecular formula is C20H21BrClN3O2S. The minimum atomic E-state index is -3.75. The molecule has 0 atom stereocenters. The molecule has 0 fully saturated rings. The molecule has 1 aromatic heterocycles. The lowest BCUT2D eigenvalue weighted by Gasteiger charge is -2.19. The smallest absolute Gasteiger partial charge is 0.263 e. The molecule has 3 rings (SSSR count). The molecule has 0 saturated carbocycles. The normalized spacial score (nSPS) is 12.2. The third kappa shape index (κ3) is 4.77. The van der Waals surface area contributed by atoms with E-state index in [1.807, 2.05) is 30.3 Å². The maximum Gasteiger partial charge on any atom is 0.263 e. The Kier molecular flexibility index (Phi) is 5.89. The largest absolute Gasteiger partial charge is 0.265 e. The zero-order valence-electron chi connectivity index (χ0n) is 15.8. The van der Waals surface area contributed by atoms with Gasteiger partial charge < -0.3 is 0 Å². The van der Waals surface area contributed by atoms with Gasteiger partial charge in [0, 0.05) is 11.2 Å². The Morgan fingerprint density at radius 3 is 2.36 bits per heavy atom. The first-order chi connectivity index (χ1) is 13.1. The predicted octanol–water partition coefficient (Wildman–Crippen LogP) is 5.45. The Morgan fingerprint density at radius 2 is 1.75 bits per heavy atom. The summed E-state index contributed by atoms with van der Waals surface area (Å²) in [7, 11) is -3.75. The van der Waals surface area contributed by atoms with E-state index in [1.54, 1.807) is 29.1 Å². The fourth-order valence-corrected chi connectivity index (χ4v) is 4.43. The van der Waals surface area contributed by atoms with Crippen molar-refractivity contribution in [2.75, 3.05) is 4.72 Å². The van der Waals surface area contributed by atoms with Gasteiger partial charge in [0.1, 0.15) is 0 Å². The molecular weight excluding hydrogens is 462 g/mol. The summed E-state index contributed by atoms with van der Waals surface area (Å²) in [5.41, 5.74) is 1.92. The van der Waals surface area contributed by atoms with Crippen LogP contribution >= 0.6 is 27.5 Å². The first-order valence-electron chi connectivity index (χ1n) is 8.66. The first-order valence-corrected chi connectivity index (χ1v) is 11.3. The van der Waals surface area contributed by atoms with Gasteiger partial charge in [-0.3, -0.25) is 9.40 Å². The zero-order chi connectivity index (χ0) is 20.5. The number of aromatic nitrogens is 2. The van der Waals surface area contributed by atoms with Crippen LogP contribution in [0.4, 0.5) is 5.82 Å². The topological polar surface area (TPSA) is 64.0 Å². The standard InChI is InChI=1S/C20H21BrClN3O2S/c1-20(2,3)15-8-10-16(11-9-15)28(26,27)24-19-17(21)13-25(23-19)12-14-6-4-5-7-18(14)22/h4-11,13H,12H2,1-3H3,(H,23,24). The molecule has 3 aromatic rings. The van der Waals surface area contributed by atoms with Crippen LogP contribution in [0, 0.1) is 0 Å². The lowest BCUT2D eigenvalue weighted by atomic mass is 9.87. The summed E-state index contributed by atoms with van der Waals surface area (Å²) >= 11 is 9.56. The van der Waals surface area contributed by atoms with Crippen LogP contribution in [0.1, 0.15) is 31.9 Å². The Hall–Kier alpha value is -1.83. The number of anilines is 1. The van der Waals surface area contributed by atoms with Crippen molar-refractivity contribution >= 4 is 43.4 Å². The average molecular weight is 483 g/mol. The van der Waals surface area contributed by atoms with Gasteiger partial charge in [-0.15, -0.1) is 0 Å². The van der Waals surface area contributed by atoms with E-state index < -0.39 is 10.0 Å². The van der Waals surface area contributed by atoms with E-state index >= 15 is 0 Å². The van der Waals surface area contributed by atoms with Crippen molar-refractivity contribution in [2.45, 2.75) is 37.6 Å². The Morgan fingerprint density at radius 1 is 1.11 bits per heavy atom. The van der Waals surface area contributed by atoms with Crippen LogP contribution in [-0.4, -0.2) is 18.2 Å². The van der Waals surface area contributed by atoms with Gasteiger partial charge >= 0.3 is 0 Å². The summed E-state index contributed by atoms with van der Waals surface area (Å²) in [6.45, 7) is 6.67. The van der Waals surface area contributed by atoms with Crippen LogP contribution in [0.15, 0.2) is 64.1 Å². The van der Waals surface area contributed by atoms with Crippen molar-refractivity contribution in [3.8, 4) is 0 Å². The number of nitrogens with zero attached hydrogens (tertiary/aromatic N) is 2. The second-order valence-corrected chi connectivity index (χ2v) is 10.4. The third-order valence-electron chi connectivity index (χ3n) is 4.27. The molecule has 2 aromatic carbocycles. The summed E-state index contributed by atoms with van der Waals surface area (Å²) in [5.74, 6) is 0.229. The molecule has 8 heteroatoms. The molecule has 0 aliphatic heterocycles. The lowest BCUT2D eigenvalue weighted by molar-refractivity contribution is 0.587. The number of rotatable bonds is 5. The molecule has 28 heavy (non-hydrogen) atoms. The molecule has 5 nitrogen and oxygen atoms in total. The summed E-state index contributed by atoms with van der Waals surface area (Å²) in [6.07, 6.45) is 1.71. The van der Waals surface area contributed by atoms with Crippen LogP contribution in [0.3, 0.4) is 0 Å². The summed E-state index contributed by atoms with van der Waals surface area (Å²) in [4.78, 5) is 0.188. The maximum atomic E-state index is 12.7. The number of halogens is 2. The molecule has 0 radical (unpaired) electrons. The van der Waals surface area contributed by atoms with Crippen LogP contribution in [0.2, 0.25) is 5.02 Å². The highest BCUT2D eigenvalue weighted by Gasteiger charge is 2.20. The number of benzene rings is 2. The summed E-state index contributed by atoms with van der Waals surface area (Å²) in [5, 5.41) is 4.97. The van der Waals surface area contributed by atoms with E-state index in [0.29, 0.717) is 16.0 Å². The highest BCUT2D eigenvalue weighted by Crippen LogP contribution is 2.27. The van der Waals surface area contributed by atoms with Crippen molar-refractivity contribution in [3.63, 3.8) is 0 Å². The SMILES string of the molecule is CC(C)(C)c1ccc(S(=O)(=O)Nc2nn(Cc3ccccc3Cl)cc2Br)cc1. The van der Waals surface area contributed by atoms with Gasteiger partial charge in [-0.05, 0) is 50.7 Å². The van der Waals surface area contributed by atoms with Gasteiger partial charge in [0.05, 0.1) is 15.9 Å². The second-order valence-electron chi connectivity index (χ2n) is 7.49. The molecule has 0 bridgehead atoms. The Bertz CT molecular complexity index is 1090. The van der Waals surface area contributed by atoms with E-state index in [9.17, 15) is 8.42 Å². The molecule has 0 saturated heterocycles. The van der Waals surface area contributed by atoms with Gasteiger partial charge in [-0.1, -0.05) is 62.7 Å². The van der Waals surface area contributed by atoms with Crippen LogP contribution in [-0.2, 0) is 22.0 Å². The van der Waals surface area contributed by atoms with Gasteiger partial charge in [0.25, 0.3) is 10.0 Å². The van der Waals surface area contributed by atoms with E-state index in [2.05, 4.69) is 46.5 Å². The van der Waals surface area contributed by atoms with Crippen LogP contribution in [0.5, 0.6) is 0 Å². The molecule has 0 unspecified atom stereocenters. The number of hydrogen-bond acceptors (Lipinski definition) is 3. The minimum Gasteiger partial charge on any atom is -0.265 e. The van der Waals surface area contributed by atoms with Gasteiger partial charge in [0.15, 0.2) is 5.82 Å². The zero-order valence-corrected chi connectivity index (χ0v) is 18.9. The molecule has 1 heterocycles. The first kappa shape index (κ1) is 20.9. The Labute approximate surface area is 178 Å². The van der Waals surface area contributed by atoms with E-state index in [-0.39, 0.29) is 16.1 Å². The summed E-state index contributed by atoms with van der Waals surface area (Å²) < 4.78 is 30.2. The molecule has 0 aliphatic carbocycles. The highest BCUT2D eigenvalue weighted by molar-refractivity contribution is 9.10. The Balaban J connectivity index is 1.81. The molecule has 0 spiro atoms. The van der Waals surface area contributed by atoms with Gasteiger partial charge in [0.2, 0.25) is 0 Å². The lowest BCUT2D eigenvalue weighted by Crippen LogP contribution is -2.15. The van der Waals surface area contributed by atoms with Crippen molar-refractivity contribution in [3.05, 3.63) is 75.4 Å². The van der Waals surface area contributed by atoms with Crippen LogP contribution in [0.25, 0.3) is 0 Å². The van der Waals surface area contributed by atoms with E-state index in [0.717, 1.165) is 11.1 Å². The average Bonchev–Trinajstić information content (AvgIpc) is 2.95. The molecule has 148 valence electrons. The third-order valence-corrected chi connectivity index (χ3v) is 6.57.